The normalized spacial score (nSPS) is 10.3. The Morgan fingerprint density at radius 3 is 2.78 bits per heavy atom. The summed E-state index contributed by atoms with van der Waals surface area (Å²) in [4.78, 5) is 12.2. The number of rotatable bonds is 3. The van der Waals surface area contributed by atoms with E-state index in [2.05, 4.69) is 0 Å². The predicted molar refractivity (Wildman–Crippen MR) is 68.5 cm³/mol. The van der Waals surface area contributed by atoms with Crippen molar-refractivity contribution in [2.24, 2.45) is 0 Å². The molecule has 0 aliphatic heterocycles. The van der Waals surface area contributed by atoms with Crippen LogP contribution in [0.2, 0.25) is 0 Å². The molecule has 1 aromatic carbocycles. The molecule has 0 aliphatic carbocycles. The molecule has 92 valence electrons. The van der Waals surface area contributed by atoms with Crippen LogP contribution in [-0.2, 0) is 6.54 Å². The predicted octanol–water partition coefficient (Wildman–Crippen LogP) is 2.18. The van der Waals surface area contributed by atoms with Gasteiger partial charge in [0.15, 0.2) is 11.9 Å². The number of aromatic hydroxyl groups is 1. The van der Waals surface area contributed by atoms with Crippen LogP contribution in [0.25, 0.3) is 0 Å². The van der Waals surface area contributed by atoms with Crippen molar-refractivity contribution in [2.75, 3.05) is 0 Å². The number of benzene rings is 1. The van der Waals surface area contributed by atoms with E-state index < -0.39 is 0 Å². The Balaban J connectivity index is 2.24. The summed E-state index contributed by atoms with van der Waals surface area (Å²) in [7, 11) is 0. The smallest absolute Gasteiger partial charge is 0.227 e. The molecule has 0 radical (unpaired) electrons. The Labute approximate surface area is 106 Å². The van der Waals surface area contributed by atoms with Crippen LogP contribution in [-0.4, -0.2) is 10.9 Å². The van der Waals surface area contributed by atoms with Crippen molar-refractivity contribution in [3.63, 3.8) is 0 Å². The molecule has 3 nitrogen and oxygen atoms in total. The highest BCUT2D eigenvalue weighted by Gasteiger charge is 2.14. The number of pyridine rings is 1. The average molecular weight is 242 g/mol. The van der Waals surface area contributed by atoms with Crippen molar-refractivity contribution >= 4 is 5.78 Å². The zero-order chi connectivity index (χ0) is 13.1. The van der Waals surface area contributed by atoms with Crippen LogP contribution in [0.15, 0.2) is 42.7 Å². The maximum absolute atomic E-state index is 12.2. The minimum Gasteiger partial charge on any atom is -0.503 e. The molecule has 2 aromatic rings. The van der Waals surface area contributed by atoms with Gasteiger partial charge in [0.05, 0.1) is 0 Å². The largest absolute Gasteiger partial charge is 0.503 e. The van der Waals surface area contributed by atoms with Crippen LogP contribution < -0.4 is 4.57 Å². The van der Waals surface area contributed by atoms with E-state index in [1.807, 2.05) is 32.0 Å². The monoisotopic (exact) mass is 242 g/mol. The Morgan fingerprint density at radius 2 is 2.06 bits per heavy atom. The van der Waals surface area contributed by atoms with Gasteiger partial charge in [0, 0.05) is 11.6 Å². The van der Waals surface area contributed by atoms with Crippen molar-refractivity contribution < 1.29 is 14.5 Å². The lowest BCUT2D eigenvalue weighted by Gasteiger charge is -2.04. The molecule has 1 N–H and O–H groups in total. The number of aryl methyl sites for hydroxylation is 2. The summed E-state index contributed by atoms with van der Waals surface area (Å²) in [5.41, 5.74) is 2.79. The van der Waals surface area contributed by atoms with Crippen molar-refractivity contribution in [2.45, 2.75) is 20.4 Å². The second kappa shape index (κ2) is 5.00. The first kappa shape index (κ1) is 12.3. The van der Waals surface area contributed by atoms with Gasteiger partial charge in [-0.1, -0.05) is 17.7 Å². The van der Waals surface area contributed by atoms with Gasteiger partial charge in [0.25, 0.3) is 0 Å². The summed E-state index contributed by atoms with van der Waals surface area (Å²) in [6, 6.07) is 9.15. The zero-order valence-corrected chi connectivity index (χ0v) is 10.6. The Bertz CT molecular complexity index is 591. The van der Waals surface area contributed by atoms with Crippen LogP contribution in [0.5, 0.6) is 5.75 Å². The van der Waals surface area contributed by atoms with Gasteiger partial charge in [-0.2, -0.15) is 4.57 Å². The van der Waals surface area contributed by atoms with E-state index in [1.54, 1.807) is 29.1 Å². The summed E-state index contributed by atoms with van der Waals surface area (Å²) in [6.45, 7) is 4.14. The van der Waals surface area contributed by atoms with Crippen LogP contribution in [0.4, 0.5) is 0 Å². The Hall–Kier alpha value is -2.16. The first-order valence-corrected chi connectivity index (χ1v) is 5.85. The van der Waals surface area contributed by atoms with Gasteiger partial charge in [0.1, 0.15) is 0 Å². The molecule has 0 amide bonds. The summed E-state index contributed by atoms with van der Waals surface area (Å²) in [5, 5.41) is 9.36. The van der Waals surface area contributed by atoms with E-state index in [-0.39, 0.29) is 18.1 Å². The summed E-state index contributed by atoms with van der Waals surface area (Å²) < 4.78 is 1.68. The van der Waals surface area contributed by atoms with Crippen molar-refractivity contribution in [1.82, 2.24) is 0 Å². The third-order valence-corrected chi connectivity index (χ3v) is 2.86. The maximum atomic E-state index is 12.2. The standard InChI is InChI=1S/C15H15NO2/c1-11-5-6-12(2)14(8-11)15(18)10-16-7-3-4-13(17)9-16/h3-9H,10H2,1-2H3/p+1. The van der Waals surface area contributed by atoms with E-state index >= 15 is 0 Å². The number of carbonyl (C=O) groups is 1. The van der Waals surface area contributed by atoms with Gasteiger partial charge >= 0.3 is 0 Å². The number of aromatic nitrogens is 1. The Morgan fingerprint density at radius 1 is 1.28 bits per heavy atom. The van der Waals surface area contributed by atoms with E-state index in [4.69, 9.17) is 0 Å². The highest BCUT2D eigenvalue weighted by molar-refractivity contribution is 5.96. The van der Waals surface area contributed by atoms with Gasteiger partial charge in [-0.3, -0.25) is 4.79 Å². The number of Topliss-reactive ketones (excluding diaryl/α,β-unsaturated/α-hetero) is 1. The molecule has 2 rings (SSSR count). The molecule has 0 saturated heterocycles. The van der Waals surface area contributed by atoms with Crippen molar-refractivity contribution in [3.05, 3.63) is 59.4 Å². The zero-order valence-electron chi connectivity index (χ0n) is 10.6. The van der Waals surface area contributed by atoms with Crippen LogP contribution in [0.1, 0.15) is 21.5 Å². The number of nitrogens with zero attached hydrogens (tertiary/aromatic N) is 1. The third-order valence-electron chi connectivity index (χ3n) is 2.86. The first-order chi connectivity index (χ1) is 8.56. The van der Waals surface area contributed by atoms with Gasteiger partial charge in [-0.25, -0.2) is 0 Å². The second-order valence-electron chi connectivity index (χ2n) is 4.48. The SMILES string of the molecule is Cc1ccc(C)c(C(=O)C[n+]2cccc(O)c2)c1. The fourth-order valence-corrected chi connectivity index (χ4v) is 1.89. The first-order valence-electron chi connectivity index (χ1n) is 5.85. The average Bonchev–Trinajstić information content (AvgIpc) is 2.32. The summed E-state index contributed by atoms with van der Waals surface area (Å²) in [5.74, 6) is 0.207. The van der Waals surface area contributed by atoms with Crippen molar-refractivity contribution in [3.8, 4) is 5.75 Å². The third kappa shape index (κ3) is 2.74. The van der Waals surface area contributed by atoms with Crippen molar-refractivity contribution in [1.29, 1.82) is 0 Å². The fraction of sp³-hybridized carbons (Fsp3) is 0.200. The second-order valence-corrected chi connectivity index (χ2v) is 4.48. The van der Waals surface area contributed by atoms with Gasteiger partial charge in [0.2, 0.25) is 18.5 Å². The number of hydrogen-bond donors (Lipinski definition) is 1. The molecule has 3 heteroatoms. The quantitative estimate of drug-likeness (QED) is 0.662. The number of carbonyl (C=O) groups excluding carboxylic acids is 1. The van der Waals surface area contributed by atoms with Crippen LogP contribution >= 0.6 is 0 Å². The molecule has 0 spiro atoms. The van der Waals surface area contributed by atoms with Gasteiger partial charge < -0.3 is 5.11 Å². The molecule has 0 aliphatic rings. The molecule has 0 unspecified atom stereocenters. The van der Waals surface area contributed by atoms with E-state index in [9.17, 15) is 9.90 Å². The number of ketones is 1. The maximum Gasteiger partial charge on any atom is 0.227 e. The lowest BCUT2D eigenvalue weighted by atomic mass is 10.0. The summed E-state index contributed by atoms with van der Waals surface area (Å²) >= 11 is 0. The molecular weight excluding hydrogens is 226 g/mol. The highest BCUT2D eigenvalue weighted by atomic mass is 16.3. The van der Waals surface area contributed by atoms with E-state index in [1.165, 1.54) is 0 Å². The lowest BCUT2D eigenvalue weighted by molar-refractivity contribution is -0.683. The molecule has 0 saturated carbocycles. The minimum atomic E-state index is 0.0480. The molecule has 0 bridgehead atoms. The highest BCUT2D eigenvalue weighted by Crippen LogP contribution is 2.11. The minimum absolute atomic E-state index is 0.0480. The fourth-order valence-electron chi connectivity index (χ4n) is 1.89. The molecule has 18 heavy (non-hydrogen) atoms. The molecule has 1 aromatic heterocycles. The van der Waals surface area contributed by atoms with Gasteiger partial charge in [-0.15, -0.1) is 0 Å². The lowest BCUT2D eigenvalue weighted by Crippen LogP contribution is -2.37. The molecule has 1 heterocycles. The van der Waals surface area contributed by atoms with Gasteiger partial charge in [-0.05, 0) is 31.5 Å². The molecular formula is C15H16NO2+. The number of hydrogen-bond acceptors (Lipinski definition) is 2. The Kier molecular flexibility index (Phi) is 3.42. The topological polar surface area (TPSA) is 41.2 Å². The molecule has 0 atom stereocenters. The van der Waals surface area contributed by atoms with E-state index in [0.717, 1.165) is 16.7 Å². The van der Waals surface area contributed by atoms with E-state index in [0.29, 0.717) is 0 Å². The summed E-state index contributed by atoms with van der Waals surface area (Å²) in [6.07, 6.45) is 3.31. The van der Waals surface area contributed by atoms with Crippen LogP contribution in [0, 0.1) is 13.8 Å². The van der Waals surface area contributed by atoms with Crippen LogP contribution in [0.3, 0.4) is 0 Å². The molecule has 0 fully saturated rings.